The molecule has 4 nitrogen and oxygen atoms in total. The summed E-state index contributed by atoms with van der Waals surface area (Å²) in [5.74, 6) is 0. The van der Waals surface area contributed by atoms with Crippen molar-refractivity contribution < 1.29 is 9.31 Å². The fourth-order valence-corrected chi connectivity index (χ4v) is 1.48. The maximum atomic E-state index is 5.80. The van der Waals surface area contributed by atoms with E-state index in [1.54, 1.807) is 6.20 Å². The molecule has 1 saturated heterocycles. The van der Waals surface area contributed by atoms with Crippen LogP contribution in [0, 0.1) is 6.92 Å². The zero-order chi connectivity index (χ0) is 10.3. The minimum atomic E-state index is -0.279. The second kappa shape index (κ2) is 3.10. The van der Waals surface area contributed by atoms with Crippen LogP contribution in [0.3, 0.4) is 0 Å². The van der Waals surface area contributed by atoms with Gasteiger partial charge in [0.1, 0.15) is 0 Å². The van der Waals surface area contributed by atoms with Crippen LogP contribution in [0.2, 0.25) is 0 Å². The molecular weight excluding hydrogens is 179 g/mol. The summed E-state index contributed by atoms with van der Waals surface area (Å²) in [4.78, 5) is 0. The molecule has 1 aromatic rings. The van der Waals surface area contributed by atoms with Crippen molar-refractivity contribution in [2.45, 2.75) is 39.4 Å². The lowest BCUT2D eigenvalue weighted by molar-refractivity contribution is 0.0842. The fourth-order valence-electron chi connectivity index (χ4n) is 1.48. The number of nitrogens with zero attached hydrogens (tertiary/aromatic N) is 1. The number of aryl methyl sites for hydroxylation is 1. The molecule has 5 heteroatoms. The van der Waals surface area contributed by atoms with Gasteiger partial charge in [-0.05, 0) is 27.7 Å². The minimum Gasteiger partial charge on any atom is -0.402 e. The fraction of sp³-hybridized carbons (Fsp3) is 0.667. The molecule has 0 spiro atoms. The zero-order valence-electron chi connectivity index (χ0n) is 9.00. The molecule has 1 fully saturated rings. The largest absolute Gasteiger partial charge is 0.498 e. The molecule has 0 amide bonds. The van der Waals surface area contributed by atoms with Crippen LogP contribution in [-0.4, -0.2) is 29.0 Å². The first-order valence-electron chi connectivity index (χ1n) is 4.84. The monoisotopic (exact) mass is 194 g/mol. The van der Waals surface area contributed by atoms with Gasteiger partial charge in [-0.25, -0.2) is 0 Å². The van der Waals surface area contributed by atoms with Crippen molar-refractivity contribution >= 4 is 12.6 Å². The molecule has 0 saturated carbocycles. The molecule has 0 aromatic carbocycles. The summed E-state index contributed by atoms with van der Waals surface area (Å²) in [6.45, 7) is 8.06. The number of aromatic amines is 1. The van der Waals surface area contributed by atoms with Crippen molar-refractivity contribution in [1.29, 1.82) is 0 Å². The van der Waals surface area contributed by atoms with Gasteiger partial charge in [0, 0.05) is 17.4 Å². The van der Waals surface area contributed by atoms with Gasteiger partial charge in [0.15, 0.2) is 0 Å². The van der Waals surface area contributed by atoms with Crippen LogP contribution >= 0.6 is 0 Å². The van der Waals surface area contributed by atoms with E-state index in [0.29, 0.717) is 0 Å². The Morgan fingerprint density at radius 3 is 2.71 bits per heavy atom. The molecule has 76 valence electrons. The summed E-state index contributed by atoms with van der Waals surface area (Å²) < 4.78 is 11.5. The van der Waals surface area contributed by atoms with Crippen LogP contribution in [0.25, 0.3) is 0 Å². The third-order valence-corrected chi connectivity index (χ3v) is 2.84. The molecule has 1 aromatic heterocycles. The predicted octanol–water partition coefficient (Wildman–Crippen LogP) is 0.627. The Morgan fingerprint density at radius 2 is 2.29 bits per heavy atom. The van der Waals surface area contributed by atoms with E-state index in [-0.39, 0.29) is 18.8 Å². The Labute approximate surface area is 84.1 Å². The van der Waals surface area contributed by atoms with Gasteiger partial charge in [-0.2, -0.15) is 5.10 Å². The standard InChI is InChI=1S/C9H15BN2O2/c1-6-8(5-11-12-6)10-13-7(2)9(3,4)14-10/h5,7H,1-4H3,(H,11,12). The highest BCUT2D eigenvalue weighted by Crippen LogP contribution is 2.26. The Morgan fingerprint density at radius 1 is 1.57 bits per heavy atom. The molecule has 1 aliphatic heterocycles. The Balaban J connectivity index is 2.21. The summed E-state index contributed by atoms with van der Waals surface area (Å²) in [6, 6.07) is 0. The molecular formula is C9H15BN2O2. The number of rotatable bonds is 1. The van der Waals surface area contributed by atoms with Crippen molar-refractivity contribution in [3.8, 4) is 0 Å². The second-order valence-electron chi connectivity index (χ2n) is 4.28. The molecule has 14 heavy (non-hydrogen) atoms. The number of aromatic nitrogens is 2. The van der Waals surface area contributed by atoms with Gasteiger partial charge in [-0.1, -0.05) is 0 Å². The quantitative estimate of drug-likeness (QED) is 0.667. The molecule has 2 rings (SSSR count). The van der Waals surface area contributed by atoms with Gasteiger partial charge in [-0.3, -0.25) is 5.10 Å². The van der Waals surface area contributed by atoms with Gasteiger partial charge >= 0.3 is 7.12 Å². The number of hydrogen-bond acceptors (Lipinski definition) is 3. The smallest absolute Gasteiger partial charge is 0.402 e. The number of H-pyrrole nitrogens is 1. The minimum absolute atomic E-state index is 0.0989. The molecule has 1 aliphatic rings. The van der Waals surface area contributed by atoms with Crippen molar-refractivity contribution in [3.63, 3.8) is 0 Å². The molecule has 1 N–H and O–H groups in total. The van der Waals surface area contributed by atoms with Crippen LogP contribution in [0.1, 0.15) is 26.5 Å². The average molecular weight is 194 g/mol. The topological polar surface area (TPSA) is 47.1 Å². The van der Waals surface area contributed by atoms with E-state index in [9.17, 15) is 0 Å². The number of nitrogens with one attached hydrogen (secondary N) is 1. The van der Waals surface area contributed by atoms with Crippen molar-refractivity contribution in [2.75, 3.05) is 0 Å². The van der Waals surface area contributed by atoms with Crippen LogP contribution in [0.5, 0.6) is 0 Å². The summed E-state index contributed by atoms with van der Waals surface area (Å²) in [5.41, 5.74) is 1.76. The van der Waals surface area contributed by atoms with Crippen molar-refractivity contribution in [1.82, 2.24) is 10.2 Å². The summed E-state index contributed by atoms with van der Waals surface area (Å²) in [7, 11) is -0.279. The second-order valence-corrected chi connectivity index (χ2v) is 4.28. The van der Waals surface area contributed by atoms with E-state index in [0.717, 1.165) is 11.2 Å². The van der Waals surface area contributed by atoms with Gasteiger partial charge < -0.3 is 9.31 Å². The van der Waals surface area contributed by atoms with E-state index in [2.05, 4.69) is 10.2 Å². The molecule has 2 heterocycles. The lowest BCUT2D eigenvalue weighted by Gasteiger charge is -2.21. The molecule has 0 aliphatic carbocycles. The SMILES string of the molecule is Cc1[nH]ncc1B1OC(C)C(C)(C)O1. The van der Waals surface area contributed by atoms with Crippen LogP contribution in [-0.2, 0) is 9.31 Å². The first-order chi connectivity index (χ1) is 6.50. The number of hydrogen-bond donors (Lipinski definition) is 1. The Kier molecular flexibility index (Phi) is 2.16. The Bertz CT molecular complexity index is 337. The van der Waals surface area contributed by atoms with Crippen molar-refractivity contribution in [3.05, 3.63) is 11.9 Å². The maximum absolute atomic E-state index is 5.80. The zero-order valence-corrected chi connectivity index (χ0v) is 9.00. The first-order valence-corrected chi connectivity index (χ1v) is 4.84. The van der Waals surface area contributed by atoms with Gasteiger partial charge in [-0.15, -0.1) is 0 Å². The lowest BCUT2D eigenvalue weighted by Crippen LogP contribution is -2.35. The van der Waals surface area contributed by atoms with E-state index < -0.39 is 0 Å². The highest BCUT2D eigenvalue weighted by Gasteiger charge is 2.44. The summed E-state index contributed by atoms with van der Waals surface area (Å²) >= 11 is 0. The molecule has 1 unspecified atom stereocenters. The van der Waals surface area contributed by atoms with E-state index in [1.807, 2.05) is 27.7 Å². The molecule has 1 atom stereocenters. The van der Waals surface area contributed by atoms with Gasteiger partial charge in [0.05, 0.1) is 11.7 Å². The predicted molar refractivity (Wildman–Crippen MR) is 54.4 cm³/mol. The van der Waals surface area contributed by atoms with E-state index in [1.165, 1.54) is 0 Å². The molecule has 0 bridgehead atoms. The van der Waals surface area contributed by atoms with Crippen LogP contribution in [0.4, 0.5) is 0 Å². The van der Waals surface area contributed by atoms with Gasteiger partial charge in [0.2, 0.25) is 0 Å². The highest BCUT2D eigenvalue weighted by atomic mass is 16.7. The lowest BCUT2D eigenvalue weighted by atomic mass is 9.80. The average Bonchev–Trinajstić information content (AvgIpc) is 2.58. The normalized spacial score (nSPS) is 25.7. The summed E-state index contributed by atoms with van der Waals surface area (Å²) in [5, 5.41) is 6.83. The summed E-state index contributed by atoms with van der Waals surface area (Å²) in [6.07, 6.45) is 1.86. The maximum Gasteiger partial charge on any atom is 0.498 e. The van der Waals surface area contributed by atoms with Gasteiger partial charge in [0.25, 0.3) is 0 Å². The van der Waals surface area contributed by atoms with Crippen LogP contribution in [0.15, 0.2) is 6.20 Å². The van der Waals surface area contributed by atoms with E-state index >= 15 is 0 Å². The van der Waals surface area contributed by atoms with Crippen molar-refractivity contribution in [2.24, 2.45) is 0 Å². The first kappa shape index (κ1) is 9.74. The highest BCUT2D eigenvalue weighted by molar-refractivity contribution is 6.62. The third-order valence-electron chi connectivity index (χ3n) is 2.84. The Hall–Kier alpha value is -0.805. The van der Waals surface area contributed by atoms with E-state index in [4.69, 9.17) is 9.31 Å². The third kappa shape index (κ3) is 1.46. The van der Waals surface area contributed by atoms with Crippen LogP contribution < -0.4 is 5.46 Å². The molecule has 0 radical (unpaired) electrons.